The zero-order valence-electron chi connectivity index (χ0n) is 12.9. The van der Waals surface area contributed by atoms with Crippen molar-refractivity contribution < 1.29 is 18.3 Å². The van der Waals surface area contributed by atoms with Crippen LogP contribution in [0.5, 0.6) is 5.75 Å². The van der Waals surface area contributed by atoms with Crippen LogP contribution in [0.25, 0.3) is 0 Å². The van der Waals surface area contributed by atoms with Crippen molar-refractivity contribution in [3.05, 3.63) is 54.1 Å². The lowest BCUT2D eigenvalue weighted by Crippen LogP contribution is -2.51. The molecule has 0 unspecified atom stereocenters. The average Bonchev–Trinajstić information content (AvgIpc) is 2.53. The van der Waals surface area contributed by atoms with E-state index in [0.29, 0.717) is 11.3 Å². The minimum atomic E-state index is -3.63. The Labute approximate surface area is 135 Å². The Morgan fingerprint density at radius 1 is 1.09 bits per heavy atom. The van der Waals surface area contributed by atoms with Gasteiger partial charge in [-0.25, -0.2) is 8.42 Å². The van der Waals surface area contributed by atoms with Gasteiger partial charge in [0, 0.05) is 5.56 Å². The third-order valence-corrected chi connectivity index (χ3v) is 5.90. The van der Waals surface area contributed by atoms with Gasteiger partial charge in [0.15, 0.2) is 0 Å². The van der Waals surface area contributed by atoms with Gasteiger partial charge in [-0.15, -0.1) is 0 Å². The summed E-state index contributed by atoms with van der Waals surface area (Å²) in [6.07, 6.45) is -0.926. The summed E-state index contributed by atoms with van der Waals surface area (Å²) in [6, 6.07) is 12.1. The number of sulfone groups is 1. The summed E-state index contributed by atoms with van der Waals surface area (Å²) in [7, 11) is -3.63. The summed E-state index contributed by atoms with van der Waals surface area (Å²) in [5, 5.41) is 10.3. The van der Waals surface area contributed by atoms with Gasteiger partial charge in [-0.2, -0.15) is 0 Å². The van der Waals surface area contributed by atoms with E-state index in [1.165, 1.54) is 12.1 Å². The zero-order chi connectivity index (χ0) is 16.8. The van der Waals surface area contributed by atoms with Gasteiger partial charge >= 0.3 is 0 Å². The first-order chi connectivity index (χ1) is 10.7. The molecule has 0 bridgehead atoms. The van der Waals surface area contributed by atoms with Gasteiger partial charge in [0.25, 0.3) is 0 Å². The van der Waals surface area contributed by atoms with Crippen LogP contribution in [0.3, 0.4) is 0 Å². The maximum Gasteiger partial charge on any atom is 0.206 e. The Morgan fingerprint density at radius 2 is 1.74 bits per heavy atom. The first kappa shape index (κ1) is 16.0. The highest BCUT2D eigenvalue weighted by atomic mass is 32.2. The van der Waals surface area contributed by atoms with Crippen LogP contribution < -0.4 is 10.5 Å². The van der Waals surface area contributed by atoms with E-state index in [0.717, 1.165) is 0 Å². The summed E-state index contributed by atoms with van der Waals surface area (Å²) in [5.41, 5.74) is 5.76. The number of nitrogens with two attached hydrogens (primary N) is 1. The molecule has 0 fully saturated rings. The average molecular weight is 333 g/mol. The van der Waals surface area contributed by atoms with Crippen LogP contribution in [0.4, 0.5) is 0 Å². The van der Waals surface area contributed by atoms with Gasteiger partial charge in [0.2, 0.25) is 9.84 Å². The van der Waals surface area contributed by atoms with Gasteiger partial charge in [-0.1, -0.05) is 18.2 Å². The van der Waals surface area contributed by atoms with Crippen molar-refractivity contribution in [2.45, 2.75) is 41.4 Å². The minimum Gasteiger partial charge on any atom is -0.485 e. The van der Waals surface area contributed by atoms with E-state index < -0.39 is 27.6 Å². The number of rotatable bonds is 2. The van der Waals surface area contributed by atoms with Crippen molar-refractivity contribution in [3.63, 3.8) is 0 Å². The number of hydrogen-bond donors (Lipinski definition) is 2. The SMILES string of the molecule is CC1(C)Oc2ccc(S(=O)(=O)c3ccccc3)cc2[C@H](N)[C@H]1O. The molecular weight excluding hydrogens is 314 g/mol. The summed E-state index contributed by atoms with van der Waals surface area (Å²) in [4.78, 5) is 0.347. The number of ether oxygens (including phenoxy) is 1. The fourth-order valence-electron chi connectivity index (χ4n) is 2.73. The van der Waals surface area contributed by atoms with Gasteiger partial charge in [0.1, 0.15) is 17.5 Å². The van der Waals surface area contributed by atoms with Crippen LogP contribution in [0, 0.1) is 0 Å². The molecule has 122 valence electrons. The largest absolute Gasteiger partial charge is 0.485 e. The number of aliphatic hydroxyl groups excluding tert-OH is 1. The smallest absolute Gasteiger partial charge is 0.206 e. The molecule has 0 amide bonds. The van der Waals surface area contributed by atoms with Crippen LogP contribution in [-0.4, -0.2) is 25.2 Å². The lowest BCUT2D eigenvalue weighted by Gasteiger charge is -2.40. The third kappa shape index (κ3) is 2.63. The molecule has 23 heavy (non-hydrogen) atoms. The molecule has 1 heterocycles. The van der Waals surface area contributed by atoms with E-state index in [9.17, 15) is 13.5 Å². The first-order valence-electron chi connectivity index (χ1n) is 7.30. The standard InChI is InChI=1S/C17H19NO4S/c1-17(2)16(19)15(18)13-10-12(8-9-14(13)22-17)23(20,21)11-6-4-3-5-7-11/h3-10,15-16,19H,18H2,1-2H3/t15-,16+/m0/s1. The molecule has 1 aliphatic heterocycles. The van der Waals surface area contributed by atoms with Crippen LogP contribution in [0.15, 0.2) is 58.3 Å². The molecule has 3 rings (SSSR count). The van der Waals surface area contributed by atoms with Crippen LogP contribution in [0.2, 0.25) is 0 Å². The maximum atomic E-state index is 12.7. The molecule has 0 spiro atoms. The van der Waals surface area contributed by atoms with Crippen molar-refractivity contribution in [1.82, 2.24) is 0 Å². The quantitative estimate of drug-likeness (QED) is 0.878. The predicted octanol–water partition coefficient (Wildman–Crippen LogP) is 2.05. The highest BCUT2D eigenvalue weighted by Gasteiger charge is 2.41. The molecule has 5 nitrogen and oxygen atoms in total. The van der Waals surface area contributed by atoms with E-state index in [2.05, 4.69) is 0 Å². The fraction of sp³-hybridized carbons (Fsp3) is 0.294. The second kappa shape index (κ2) is 5.33. The molecule has 0 saturated carbocycles. The molecule has 0 aromatic heterocycles. The van der Waals surface area contributed by atoms with Crippen molar-refractivity contribution in [1.29, 1.82) is 0 Å². The maximum absolute atomic E-state index is 12.7. The Hall–Kier alpha value is -1.89. The Bertz CT molecular complexity index is 831. The zero-order valence-corrected chi connectivity index (χ0v) is 13.7. The molecule has 1 aliphatic rings. The predicted molar refractivity (Wildman–Crippen MR) is 86.0 cm³/mol. The molecule has 0 radical (unpaired) electrons. The number of fused-ring (bicyclic) bond motifs is 1. The molecule has 0 saturated heterocycles. The van der Waals surface area contributed by atoms with Crippen molar-refractivity contribution in [3.8, 4) is 5.75 Å². The summed E-state index contributed by atoms with van der Waals surface area (Å²) in [5.74, 6) is 0.500. The molecule has 6 heteroatoms. The highest BCUT2D eigenvalue weighted by Crippen LogP contribution is 2.40. The van der Waals surface area contributed by atoms with E-state index in [4.69, 9.17) is 10.5 Å². The summed E-state index contributed by atoms with van der Waals surface area (Å²) >= 11 is 0. The molecule has 2 aromatic rings. The highest BCUT2D eigenvalue weighted by molar-refractivity contribution is 7.91. The Balaban J connectivity index is 2.09. The molecule has 0 aliphatic carbocycles. The third-order valence-electron chi connectivity index (χ3n) is 4.13. The van der Waals surface area contributed by atoms with E-state index >= 15 is 0 Å². The van der Waals surface area contributed by atoms with Gasteiger partial charge in [0.05, 0.1) is 15.8 Å². The minimum absolute atomic E-state index is 0.133. The van der Waals surface area contributed by atoms with E-state index in [1.807, 2.05) is 0 Å². The molecular formula is C17H19NO4S. The van der Waals surface area contributed by atoms with E-state index in [1.54, 1.807) is 50.2 Å². The lowest BCUT2D eigenvalue weighted by atomic mass is 9.87. The number of hydrogen-bond acceptors (Lipinski definition) is 5. The van der Waals surface area contributed by atoms with Gasteiger partial charge in [-0.05, 0) is 44.2 Å². The normalized spacial score (nSPS) is 23.0. The van der Waals surface area contributed by atoms with Crippen LogP contribution in [0.1, 0.15) is 25.5 Å². The molecule has 2 aromatic carbocycles. The number of aliphatic hydroxyl groups is 1. The van der Waals surface area contributed by atoms with E-state index in [-0.39, 0.29) is 9.79 Å². The van der Waals surface area contributed by atoms with Crippen LogP contribution >= 0.6 is 0 Å². The van der Waals surface area contributed by atoms with Crippen molar-refractivity contribution in [2.24, 2.45) is 5.73 Å². The van der Waals surface area contributed by atoms with Crippen molar-refractivity contribution >= 4 is 9.84 Å². The monoisotopic (exact) mass is 333 g/mol. The Kier molecular flexibility index (Phi) is 3.71. The lowest BCUT2D eigenvalue weighted by molar-refractivity contribution is -0.0572. The fourth-order valence-corrected chi connectivity index (χ4v) is 4.05. The molecule has 3 N–H and O–H groups in total. The second-order valence-electron chi connectivity index (χ2n) is 6.19. The Morgan fingerprint density at radius 3 is 2.39 bits per heavy atom. The summed E-state index contributed by atoms with van der Waals surface area (Å²) < 4.78 is 31.1. The topological polar surface area (TPSA) is 89.6 Å². The van der Waals surface area contributed by atoms with Crippen molar-refractivity contribution in [2.75, 3.05) is 0 Å². The summed E-state index contributed by atoms with van der Waals surface area (Å²) in [6.45, 7) is 3.49. The first-order valence-corrected chi connectivity index (χ1v) is 8.78. The second-order valence-corrected chi connectivity index (χ2v) is 8.14. The molecule has 2 atom stereocenters. The van der Waals surface area contributed by atoms with Crippen LogP contribution in [-0.2, 0) is 9.84 Å². The van der Waals surface area contributed by atoms with Gasteiger partial charge < -0.3 is 15.6 Å². The number of benzene rings is 2. The van der Waals surface area contributed by atoms with Gasteiger partial charge in [-0.3, -0.25) is 0 Å².